The van der Waals surface area contributed by atoms with E-state index in [9.17, 15) is 9.59 Å². The number of ether oxygens (including phenoxy) is 1. The van der Waals surface area contributed by atoms with E-state index in [1.54, 1.807) is 0 Å². The summed E-state index contributed by atoms with van der Waals surface area (Å²) in [4.78, 5) is 23.8. The van der Waals surface area contributed by atoms with E-state index in [-0.39, 0.29) is 23.5 Å². The van der Waals surface area contributed by atoms with Crippen LogP contribution in [0.25, 0.3) is 0 Å². The molecule has 0 bridgehead atoms. The Balaban J connectivity index is 1.68. The first kappa shape index (κ1) is 21.4. The summed E-state index contributed by atoms with van der Waals surface area (Å²) < 4.78 is 5.58. The predicted molar refractivity (Wildman–Crippen MR) is 113 cm³/mol. The molecular formula is C21H25N3O3S. The SMILES string of the molecule is CC(C)c1ccccc1OCC(=O)NNC(=S)NC(=O)CCc1ccccc1. The van der Waals surface area contributed by atoms with E-state index < -0.39 is 5.91 Å². The lowest BCUT2D eigenvalue weighted by Gasteiger charge is -2.14. The van der Waals surface area contributed by atoms with E-state index in [1.165, 1.54) is 0 Å². The third kappa shape index (κ3) is 7.36. The lowest BCUT2D eigenvalue weighted by Crippen LogP contribution is -2.49. The maximum absolute atomic E-state index is 11.9. The van der Waals surface area contributed by atoms with Crippen LogP contribution in [0.1, 0.15) is 37.3 Å². The average Bonchev–Trinajstić information content (AvgIpc) is 2.70. The van der Waals surface area contributed by atoms with Gasteiger partial charge >= 0.3 is 0 Å². The number of amides is 2. The molecule has 0 unspecified atom stereocenters. The first-order valence-electron chi connectivity index (χ1n) is 9.10. The van der Waals surface area contributed by atoms with Gasteiger partial charge in [-0.1, -0.05) is 62.4 Å². The number of carbonyl (C=O) groups excluding carboxylic acids is 2. The maximum atomic E-state index is 11.9. The zero-order chi connectivity index (χ0) is 20.4. The lowest BCUT2D eigenvalue weighted by atomic mass is 10.0. The van der Waals surface area contributed by atoms with Crippen LogP contribution in [0, 0.1) is 0 Å². The van der Waals surface area contributed by atoms with Gasteiger partial charge in [-0.05, 0) is 41.7 Å². The average molecular weight is 400 g/mol. The molecule has 0 aromatic heterocycles. The van der Waals surface area contributed by atoms with Crippen molar-refractivity contribution in [2.45, 2.75) is 32.6 Å². The Morgan fingerprint density at radius 1 is 0.964 bits per heavy atom. The summed E-state index contributed by atoms with van der Waals surface area (Å²) in [6.45, 7) is 3.95. The van der Waals surface area contributed by atoms with Gasteiger partial charge in [0.05, 0.1) is 0 Å². The number of hydrogen-bond donors (Lipinski definition) is 3. The first-order chi connectivity index (χ1) is 13.5. The molecule has 0 aliphatic rings. The fraction of sp³-hybridized carbons (Fsp3) is 0.286. The molecule has 0 saturated heterocycles. The Kier molecular flexibility index (Phi) is 8.42. The number of thiocarbonyl (C=S) groups is 1. The highest BCUT2D eigenvalue weighted by atomic mass is 32.1. The quantitative estimate of drug-likeness (QED) is 0.493. The summed E-state index contributed by atoms with van der Waals surface area (Å²) in [6.07, 6.45) is 0.916. The van der Waals surface area contributed by atoms with Crippen LogP contribution < -0.4 is 20.9 Å². The molecule has 7 heteroatoms. The van der Waals surface area contributed by atoms with Crippen molar-refractivity contribution < 1.29 is 14.3 Å². The zero-order valence-electron chi connectivity index (χ0n) is 16.0. The van der Waals surface area contributed by atoms with Crippen molar-refractivity contribution in [2.75, 3.05) is 6.61 Å². The van der Waals surface area contributed by atoms with E-state index in [0.29, 0.717) is 18.6 Å². The first-order valence-corrected chi connectivity index (χ1v) is 9.51. The Bertz CT molecular complexity index is 810. The normalized spacial score (nSPS) is 10.2. The summed E-state index contributed by atoms with van der Waals surface area (Å²) in [7, 11) is 0. The number of rotatable bonds is 7. The maximum Gasteiger partial charge on any atom is 0.276 e. The number of para-hydroxylation sites is 1. The standard InChI is InChI=1S/C21H25N3O3S/c1-15(2)17-10-6-7-11-18(17)27-14-20(26)23-24-21(28)22-19(25)13-12-16-8-4-3-5-9-16/h3-11,15H,12-14H2,1-2H3,(H,23,26)(H2,22,24,25,28). The fourth-order valence-electron chi connectivity index (χ4n) is 2.52. The Hall–Kier alpha value is -2.93. The number of aryl methyl sites for hydroxylation is 1. The molecule has 3 N–H and O–H groups in total. The minimum absolute atomic E-state index is 0.0361. The second kappa shape index (κ2) is 11.0. The molecule has 6 nitrogen and oxygen atoms in total. The summed E-state index contributed by atoms with van der Waals surface area (Å²) >= 11 is 5.01. The number of hydrogen-bond acceptors (Lipinski definition) is 4. The van der Waals surface area contributed by atoms with E-state index in [4.69, 9.17) is 17.0 Å². The van der Waals surface area contributed by atoms with Gasteiger partial charge in [-0.25, -0.2) is 0 Å². The molecule has 0 spiro atoms. The van der Waals surface area contributed by atoms with Crippen molar-refractivity contribution in [2.24, 2.45) is 0 Å². The third-order valence-corrected chi connectivity index (χ3v) is 4.16. The van der Waals surface area contributed by atoms with E-state index >= 15 is 0 Å². The summed E-state index contributed by atoms with van der Waals surface area (Å²) in [6, 6.07) is 17.3. The molecule has 0 radical (unpaired) electrons. The Morgan fingerprint density at radius 3 is 2.36 bits per heavy atom. The van der Waals surface area contributed by atoms with Crippen LogP contribution in [-0.2, 0) is 16.0 Å². The largest absolute Gasteiger partial charge is 0.483 e. The van der Waals surface area contributed by atoms with Crippen LogP contribution in [0.5, 0.6) is 5.75 Å². The van der Waals surface area contributed by atoms with E-state index in [1.807, 2.05) is 54.6 Å². The molecular weight excluding hydrogens is 374 g/mol. The molecule has 0 saturated carbocycles. The fourth-order valence-corrected chi connectivity index (χ4v) is 2.68. The summed E-state index contributed by atoms with van der Waals surface area (Å²) in [5, 5.41) is 2.57. The van der Waals surface area contributed by atoms with Gasteiger partial charge < -0.3 is 10.1 Å². The number of hydrazine groups is 1. The van der Waals surface area contributed by atoms with Gasteiger partial charge in [0.15, 0.2) is 11.7 Å². The molecule has 2 amide bonds. The molecule has 0 aliphatic heterocycles. The summed E-state index contributed by atoms with van der Waals surface area (Å²) in [5.74, 6) is 0.331. The van der Waals surface area contributed by atoms with Crippen LogP contribution in [0.2, 0.25) is 0 Å². The molecule has 28 heavy (non-hydrogen) atoms. The summed E-state index contributed by atoms with van der Waals surface area (Å²) in [5.41, 5.74) is 7.02. The van der Waals surface area contributed by atoms with Crippen molar-refractivity contribution >= 4 is 29.1 Å². The van der Waals surface area contributed by atoms with Gasteiger partial charge in [-0.3, -0.25) is 20.4 Å². The number of benzene rings is 2. The lowest BCUT2D eigenvalue weighted by molar-refractivity contribution is -0.124. The minimum Gasteiger partial charge on any atom is -0.483 e. The van der Waals surface area contributed by atoms with Gasteiger partial charge in [-0.15, -0.1) is 0 Å². The highest BCUT2D eigenvalue weighted by Crippen LogP contribution is 2.25. The molecule has 148 valence electrons. The molecule has 2 aromatic carbocycles. The van der Waals surface area contributed by atoms with Crippen LogP contribution in [-0.4, -0.2) is 23.5 Å². The van der Waals surface area contributed by atoms with Crippen molar-refractivity contribution in [3.63, 3.8) is 0 Å². The van der Waals surface area contributed by atoms with E-state index in [0.717, 1.165) is 11.1 Å². The number of nitrogens with one attached hydrogen (secondary N) is 3. The molecule has 0 fully saturated rings. The van der Waals surface area contributed by atoms with Crippen molar-refractivity contribution in [3.8, 4) is 5.75 Å². The molecule has 2 aromatic rings. The second-order valence-electron chi connectivity index (χ2n) is 6.52. The topological polar surface area (TPSA) is 79.5 Å². The third-order valence-electron chi connectivity index (χ3n) is 3.95. The van der Waals surface area contributed by atoms with E-state index in [2.05, 4.69) is 30.0 Å². The molecule has 0 heterocycles. The number of carbonyl (C=O) groups is 2. The monoisotopic (exact) mass is 399 g/mol. The van der Waals surface area contributed by atoms with Gasteiger partial charge in [0.25, 0.3) is 5.91 Å². The van der Waals surface area contributed by atoms with Gasteiger partial charge in [0, 0.05) is 6.42 Å². The smallest absolute Gasteiger partial charge is 0.276 e. The van der Waals surface area contributed by atoms with Crippen molar-refractivity contribution in [1.82, 2.24) is 16.2 Å². The zero-order valence-corrected chi connectivity index (χ0v) is 16.8. The minimum atomic E-state index is -0.403. The van der Waals surface area contributed by atoms with Crippen LogP contribution in [0.15, 0.2) is 54.6 Å². The van der Waals surface area contributed by atoms with Gasteiger partial charge in [0.1, 0.15) is 5.75 Å². The second-order valence-corrected chi connectivity index (χ2v) is 6.93. The van der Waals surface area contributed by atoms with Crippen molar-refractivity contribution in [3.05, 3.63) is 65.7 Å². The Morgan fingerprint density at radius 2 is 1.64 bits per heavy atom. The van der Waals surface area contributed by atoms with Gasteiger partial charge in [-0.2, -0.15) is 0 Å². The van der Waals surface area contributed by atoms with Crippen LogP contribution in [0.3, 0.4) is 0 Å². The molecule has 0 atom stereocenters. The molecule has 2 rings (SSSR count). The van der Waals surface area contributed by atoms with Crippen molar-refractivity contribution in [1.29, 1.82) is 0 Å². The highest BCUT2D eigenvalue weighted by molar-refractivity contribution is 7.80. The van der Waals surface area contributed by atoms with Crippen LogP contribution in [0.4, 0.5) is 0 Å². The van der Waals surface area contributed by atoms with Crippen LogP contribution >= 0.6 is 12.2 Å². The Labute approximate surface area is 170 Å². The molecule has 0 aliphatic carbocycles. The highest BCUT2D eigenvalue weighted by Gasteiger charge is 2.10. The van der Waals surface area contributed by atoms with Gasteiger partial charge in [0.2, 0.25) is 5.91 Å². The predicted octanol–water partition coefficient (Wildman–Crippen LogP) is 2.84.